The highest BCUT2D eigenvalue weighted by Gasteiger charge is 2.16. The average Bonchev–Trinajstić information content (AvgIpc) is 2.46. The zero-order chi connectivity index (χ0) is 13.4. The van der Waals surface area contributed by atoms with E-state index in [-0.39, 0.29) is 0 Å². The smallest absolute Gasteiger partial charge is 0.250 e. The van der Waals surface area contributed by atoms with Gasteiger partial charge in [-0.15, -0.1) is 0 Å². The highest BCUT2D eigenvalue weighted by Crippen LogP contribution is 2.36. The summed E-state index contributed by atoms with van der Waals surface area (Å²) in [6, 6.07) is 14.0. The monoisotopic (exact) mass is 271 g/mol. The summed E-state index contributed by atoms with van der Waals surface area (Å²) in [6.45, 7) is 4.41. The van der Waals surface area contributed by atoms with Crippen molar-refractivity contribution >= 4 is 29.1 Å². The highest BCUT2D eigenvalue weighted by atomic mass is 31.1. The van der Waals surface area contributed by atoms with Crippen LogP contribution in [0.4, 0.5) is 0 Å². The van der Waals surface area contributed by atoms with Gasteiger partial charge in [-0.25, -0.2) is 4.20 Å². The lowest BCUT2D eigenvalue weighted by Crippen LogP contribution is -1.90. The van der Waals surface area contributed by atoms with E-state index >= 15 is 0 Å². The molecule has 0 spiro atoms. The number of benzene rings is 2. The van der Waals surface area contributed by atoms with Gasteiger partial charge in [-0.3, -0.25) is 0 Å². The molecular weight excluding hydrogens is 255 g/mol. The molecule has 0 saturated heterocycles. The summed E-state index contributed by atoms with van der Waals surface area (Å²) < 4.78 is 17.6. The molecule has 3 heteroatoms. The summed E-state index contributed by atoms with van der Waals surface area (Å²) in [5.41, 5.74) is 2.03. The Morgan fingerprint density at radius 3 is 2.74 bits per heavy atom. The topological polar surface area (TPSA) is 30.2 Å². The van der Waals surface area contributed by atoms with Crippen molar-refractivity contribution in [3.05, 3.63) is 48.0 Å². The van der Waals surface area contributed by atoms with Crippen molar-refractivity contribution in [3.8, 4) is 0 Å². The quantitative estimate of drug-likeness (QED) is 0.548. The predicted octanol–water partition coefficient (Wildman–Crippen LogP) is 5.84. The molecule has 1 aromatic heterocycles. The van der Waals surface area contributed by atoms with Crippen molar-refractivity contribution in [1.82, 2.24) is 0 Å². The van der Waals surface area contributed by atoms with Crippen LogP contribution in [0.3, 0.4) is 0 Å². The Morgan fingerprint density at radius 1 is 1.16 bits per heavy atom. The zero-order valence-corrected chi connectivity index (χ0v) is 12.0. The predicted molar refractivity (Wildman–Crippen MR) is 80.0 cm³/mol. The van der Waals surface area contributed by atoms with Gasteiger partial charge in [-0.05, 0) is 46.7 Å². The van der Waals surface area contributed by atoms with Crippen molar-refractivity contribution in [2.75, 3.05) is 0 Å². The van der Waals surface area contributed by atoms with Gasteiger partial charge in [-0.2, -0.15) is 0 Å². The minimum Gasteiger partial charge on any atom is -0.250 e. The molecule has 2 atom stereocenters. The van der Waals surface area contributed by atoms with E-state index in [1.165, 1.54) is 5.56 Å². The molecule has 3 rings (SSSR count). The first-order valence-electron chi connectivity index (χ1n) is 6.59. The van der Waals surface area contributed by atoms with Crippen LogP contribution in [0.2, 0.25) is 0 Å². The van der Waals surface area contributed by atoms with Crippen LogP contribution < -0.4 is 0 Å². The Hall–Kier alpha value is -1.66. The molecular formula is C16H16O2P+. The van der Waals surface area contributed by atoms with Gasteiger partial charge < -0.3 is 0 Å². The van der Waals surface area contributed by atoms with Crippen LogP contribution in [0.25, 0.3) is 21.5 Å². The van der Waals surface area contributed by atoms with Crippen molar-refractivity contribution in [1.29, 1.82) is 0 Å². The van der Waals surface area contributed by atoms with Crippen molar-refractivity contribution in [2.24, 2.45) is 0 Å². The van der Waals surface area contributed by atoms with Gasteiger partial charge in [0.1, 0.15) is 0 Å². The number of fused-ring (bicyclic) bond motifs is 3. The van der Waals surface area contributed by atoms with Gasteiger partial charge in [-0.1, -0.05) is 32.0 Å². The minimum atomic E-state index is -1.77. The van der Waals surface area contributed by atoms with Crippen molar-refractivity contribution in [2.45, 2.75) is 26.2 Å². The number of rotatable bonds is 2. The Bertz CT molecular complexity index is 805. The van der Waals surface area contributed by atoms with Crippen molar-refractivity contribution in [3.63, 3.8) is 0 Å². The van der Waals surface area contributed by atoms with Crippen LogP contribution >= 0.6 is 7.65 Å². The van der Waals surface area contributed by atoms with Crippen LogP contribution in [0.15, 0.2) is 46.7 Å². The fraction of sp³-hybridized carbons (Fsp3) is 0.250. The molecule has 3 aromatic rings. The fourth-order valence-electron chi connectivity index (χ4n) is 2.38. The van der Waals surface area contributed by atoms with Gasteiger partial charge in [0, 0.05) is 10.8 Å². The molecule has 19 heavy (non-hydrogen) atoms. The second-order valence-corrected chi connectivity index (χ2v) is 6.11. The zero-order valence-electron chi connectivity index (χ0n) is 11.1. The first-order valence-corrected chi connectivity index (χ1v) is 7.77. The average molecular weight is 271 g/mol. The fourth-order valence-corrected chi connectivity index (χ4v) is 3.41. The van der Waals surface area contributed by atoms with Gasteiger partial charge in [0.15, 0.2) is 5.58 Å². The van der Waals surface area contributed by atoms with Crippen LogP contribution in [0, 0.1) is 0 Å². The molecule has 0 saturated carbocycles. The van der Waals surface area contributed by atoms with E-state index in [1.54, 1.807) is 0 Å². The lowest BCUT2D eigenvalue weighted by molar-refractivity contribution is 0.563. The van der Waals surface area contributed by atoms with Gasteiger partial charge in [0.05, 0.1) is 0 Å². The van der Waals surface area contributed by atoms with Crippen LogP contribution in [-0.4, -0.2) is 0 Å². The van der Waals surface area contributed by atoms with E-state index in [2.05, 4.69) is 26.0 Å². The maximum Gasteiger partial charge on any atom is 0.597 e. The molecule has 1 heterocycles. The lowest BCUT2D eigenvalue weighted by atomic mass is 9.97. The van der Waals surface area contributed by atoms with E-state index in [9.17, 15) is 4.57 Å². The Balaban J connectivity index is 2.41. The maximum atomic E-state index is 12.0. The van der Waals surface area contributed by atoms with Crippen LogP contribution in [-0.2, 0) is 4.57 Å². The highest BCUT2D eigenvalue weighted by molar-refractivity contribution is 7.37. The van der Waals surface area contributed by atoms with Crippen molar-refractivity contribution < 1.29 is 8.76 Å². The van der Waals surface area contributed by atoms with Crippen LogP contribution in [0.1, 0.15) is 31.7 Å². The Labute approximate surface area is 112 Å². The molecule has 2 unspecified atom stereocenters. The summed E-state index contributed by atoms with van der Waals surface area (Å²) in [5.74, 6) is 0.521. The molecule has 0 aliphatic carbocycles. The van der Waals surface area contributed by atoms with Crippen LogP contribution in [0.5, 0.6) is 0 Å². The summed E-state index contributed by atoms with van der Waals surface area (Å²) in [5, 5.41) is 2.89. The number of hydrogen-bond acceptors (Lipinski definition) is 2. The molecule has 0 radical (unpaired) electrons. The van der Waals surface area contributed by atoms with Gasteiger partial charge >= 0.3 is 7.65 Å². The van der Waals surface area contributed by atoms with E-state index in [0.717, 1.165) is 27.9 Å². The summed E-state index contributed by atoms with van der Waals surface area (Å²) in [4.78, 5) is 0. The molecule has 0 amide bonds. The third kappa shape index (κ3) is 2.06. The first-order chi connectivity index (χ1) is 9.20. The molecule has 0 bridgehead atoms. The second kappa shape index (κ2) is 4.79. The Morgan fingerprint density at radius 2 is 1.95 bits per heavy atom. The normalized spacial score (nSPS) is 13.9. The molecule has 0 fully saturated rings. The summed E-state index contributed by atoms with van der Waals surface area (Å²) >= 11 is 0. The third-order valence-corrected chi connectivity index (χ3v) is 4.90. The largest absolute Gasteiger partial charge is 0.597 e. The SMILES string of the molecule is CCC(C)c1ccc2o[p+](=O)c3ccccc3c2c1. The summed E-state index contributed by atoms with van der Waals surface area (Å²) in [6.07, 6.45) is 1.11. The molecule has 0 aliphatic rings. The third-order valence-electron chi connectivity index (χ3n) is 3.76. The van der Waals surface area contributed by atoms with E-state index < -0.39 is 7.65 Å². The lowest BCUT2D eigenvalue weighted by Gasteiger charge is -2.09. The van der Waals surface area contributed by atoms with E-state index in [1.807, 2.05) is 30.3 Å². The Kier molecular flexibility index (Phi) is 3.12. The molecule has 96 valence electrons. The molecule has 2 nitrogen and oxygen atoms in total. The first kappa shape index (κ1) is 12.4. The van der Waals surface area contributed by atoms with E-state index in [4.69, 9.17) is 4.20 Å². The maximum absolute atomic E-state index is 12.0. The number of hydrogen-bond donors (Lipinski definition) is 0. The van der Waals surface area contributed by atoms with E-state index in [0.29, 0.717) is 5.92 Å². The molecule has 0 N–H and O–H groups in total. The van der Waals surface area contributed by atoms with Gasteiger partial charge in [0.25, 0.3) is 0 Å². The molecule has 2 aromatic carbocycles. The standard InChI is InChI=1S/C16H16O2P/c1-3-11(2)12-8-9-15-14(10-12)13-6-4-5-7-16(13)19(17)18-15/h4-11H,3H2,1-2H3/q+1. The van der Waals surface area contributed by atoms with Gasteiger partial charge in [0.2, 0.25) is 5.12 Å². The molecule has 0 aliphatic heterocycles. The second-order valence-electron chi connectivity index (χ2n) is 4.93. The minimum absolute atomic E-state index is 0.521. The summed E-state index contributed by atoms with van der Waals surface area (Å²) in [7, 11) is -1.77.